The minimum absolute atomic E-state index is 0. The fraction of sp³-hybridized carbons (Fsp3) is 0.571. The number of anilines is 2. The van der Waals surface area contributed by atoms with Gasteiger partial charge in [0.05, 0.1) is 59.3 Å². The van der Waals surface area contributed by atoms with Crippen molar-refractivity contribution in [2.24, 2.45) is 20.8 Å². The van der Waals surface area contributed by atoms with Crippen molar-refractivity contribution in [3.8, 4) is 5.88 Å². The number of carbonyl (C=O) groups excluding carboxylic acids is 2. The van der Waals surface area contributed by atoms with Crippen molar-refractivity contribution in [1.29, 1.82) is 0 Å². The van der Waals surface area contributed by atoms with Gasteiger partial charge < -0.3 is 19.3 Å². The van der Waals surface area contributed by atoms with Gasteiger partial charge in [-0.2, -0.15) is 0 Å². The summed E-state index contributed by atoms with van der Waals surface area (Å²) in [5.74, 6) is 1.10. The smallest absolute Gasteiger partial charge is 0.313 e. The second kappa shape index (κ2) is 15.6. The van der Waals surface area contributed by atoms with Crippen molar-refractivity contribution in [3.05, 3.63) is 63.6 Å². The predicted molar refractivity (Wildman–Crippen MR) is 217 cm³/mol. The van der Waals surface area contributed by atoms with Crippen LogP contribution in [0.2, 0.25) is 0 Å². The zero-order valence-electron chi connectivity index (χ0n) is 33.8. The number of fused-ring (bicyclic) bond motifs is 2. The van der Waals surface area contributed by atoms with Crippen LogP contribution in [-0.2, 0) is 33.8 Å². The van der Waals surface area contributed by atoms with Gasteiger partial charge in [0.15, 0.2) is 0 Å². The summed E-state index contributed by atoms with van der Waals surface area (Å²) in [5, 5.41) is 0. The molecule has 5 heterocycles. The molecule has 2 saturated heterocycles. The summed E-state index contributed by atoms with van der Waals surface area (Å²) in [6.07, 6.45) is 9.38. The molecule has 4 aliphatic rings. The van der Waals surface area contributed by atoms with Crippen LogP contribution in [0, 0.1) is 17.8 Å². The average molecular weight is 771 g/mol. The number of amidine groups is 2. The van der Waals surface area contributed by atoms with E-state index in [1.165, 1.54) is 27.9 Å². The first kappa shape index (κ1) is 40.2. The van der Waals surface area contributed by atoms with E-state index in [9.17, 15) is 9.59 Å². The topological polar surface area (TPSA) is 135 Å². The monoisotopic (exact) mass is 770 g/mol. The molecule has 13 heteroatoms. The first-order valence-corrected chi connectivity index (χ1v) is 19.5. The van der Waals surface area contributed by atoms with Crippen LogP contribution in [0.5, 0.6) is 5.88 Å². The Bertz CT molecular complexity index is 2050. The number of halogens is 1. The highest BCUT2D eigenvalue weighted by Gasteiger charge is 2.43. The normalized spacial score (nSPS) is 20.0. The number of esters is 2. The van der Waals surface area contributed by atoms with Gasteiger partial charge in [-0.3, -0.25) is 34.5 Å². The Hall–Kier alpha value is -4.45. The Morgan fingerprint density at radius 2 is 1.31 bits per heavy atom. The van der Waals surface area contributed by atoms with Gasteiger partial charge >= 0.3 is 11.9 Å². The molecule has 3 aromatic heterocycles. The van der Waals surface area contributed by atoms with E-state index in [-0.39, 0.29) is 65.9 Å². The van der Waals surface area contributed by atoms with E-state index >= 15 is 0 Å². The molecule has 2 atom stereocenters. The van der Waals surface area contributed by atoms with E-state index in [2.05, 4.69) is 23.6 Å². The lowest BCUT2D eigenvalue weighted by Gasteiger charge is -2.26. The van der Waals surface area contributed by atoms with Crippen molar-refractivity contribution in [3.63, 3.8) is 0 Å². The Morgan fingerprint density at radius 1 is 0.764 bits per heavy atom. The van der Waals surface area contributed by atoms with Crippen molar-refractivity contribution in [2.75, 3.05) is 36.0 Å². The molecule has 2 aliphatic carbocycles. The lowest BCUT2D eigenvalue weighted by Crippen LogP contribution is -2.31. The maximum atomic E-state index is 13.1. The largest absolute Gasteiger partial charge is 0.459 e. The van der Waals surface area contributed by atoms with Gasteiger partial charge in [0.2, 0.25) is 5.88 Å². The maximum absolute atomic E-state index is 13.1. The predicted octanol–water partition coefficient (Wildman–Crippen LogP) is 7.45. The maximum Gasteiger partial charge on any atom is 0.313 e. The molecule has 0 N–H and O–H groups in total. The molecule has 2 fully saturated rings. The number of aliphatic imine (C=N–C) groups is 2. The average Bonchev–Trinajstić information content (AvgIpc) is 3.97. The standard InChI is InChI=1S/C42H54N8O4.ClH/c1-10-43-39-27(12-14-49(39)37-24(3)45-20-25-16-29(25)37)35-36(48-32(22-47-35)54-34(52)19-42(7,8)9)28-13-15-50(40(28)44-11-2)38-30-17-26(30)21-46-31(38)23-53-33(51)18-41(4,5)6;/h20-22,27-28H,10-19,23H2,1-9H3;1H/t27-,28?;/m1./s1. The summed E-state index contributed by atoms with van der Waals surface area (Å²) in [4.78, 5) is 60.4. The van der Waals surface area contributed by atoms with Crippen molar-refractivity contribution < 1.29 is 19.1 Å². The number of hydrogen-bond acceptors (Lipinski definition) is 10. The minimum atomic E-state index is -0.343. The highest BCUT2D eigenvalue weighted by molar-refractivity contribution is 6.08. The van der Waals surface area contributed by atoms with E-state index in [0.29, 0.717) is 26.1 Å². The molecular formula is C42H55ClN8O4. The number of aryl methyl sites for hydroxylation is 1. The van der Waals surface area contributed by atoms with Gasteiger partial charge in [-0.15, -0.1) is 12.4 Å². The van der Waals surface area contributed by atoms with Gasteiger partial charge in [-0.25, -0.2) is 4.98 Å². The quantitative estimate of drug-likeness (QED) is 0.125. The van der Waals surface area contributed by atoms with Crippen LogP contribution in [0.15, 0.2) is 28.6 Å². The van der Waals surface area contributed by atoms with Crippen LogP contribution < -0.4 is 14.5 Å². The second-order valence-corrected chi connectivity index (χ2v) is 17.3. The highest BCUT2D eigenvalue weighted by Crippen LogP contribution is 2.46. The van der Waals surface area contributed by atoms with Gasteiger partial charge in [0.1, 0.15) is 24.0 Å². The molecule has 2 aliphatic heterocycles. The molecule has 3 aromatic rings. The first-order valence-electron chi connectivity index (χ1n) is 19.5. The van der Waals surface area contributed by atoms with Crippen molar-refractivity contribution in [2.45, 2.75) is 119 Å². The molecule has 0 aromatic carbocycles. The van der Waals surface area contributed by atoms with Crippen molar-refractivity contribution >= 4 is 47.4 Å². The molecule has 0 radical (unpaired) electrons. The molecule has 0 spiro atoms. The Labute approximate surface area is 331 Å². The zero-order chi connectivity index (χ0) is 38.5. The van der Waals surface area contributed by atoms with E-state index in [1.54, 1.807) is 6.20 Å². The third kappa shape index (κ3) is 8.69. The molecule has 55 heavy (non-hydrogen) atoms. The summed E-state index contributed by atoms with van der Waals surface area (Å²) in [6.45, 7) is 21.0. The van der Waals surface area contributed by atoms with Gasteiger partial charge in [0.25, 0.3) is 0 Å². The van der Waals surface area contributed by atoms with E-state index in [4.69, 9.17) is 39.4 Å². The molecule has 0 saturated carbocycles. The number of rotatable bonds is 11. The number of carbonyl (C=O) groups is 2. The van der Waals surface area contributed by atoms with Crippen LogP contribution in [-0.4, -0.2) is 69.7 Å². The summed E-state index contributed by atoms with van der Waals surface area (Å²) in [6, 6.07) is 0. The number of nitrogens with zero attached hydrogens (tertiary/aromatic N) is 8. The Balaban J connectivity index is 0.00000514. The number of ether oxygens (including phenoxy) is 2. The Morgan fingerprint density at radius 3 is 1.91 bits per heavy atom. The second-order valence-electron chi connectivity index (χ2n) is 17.3. The van der Waals surface area contributed by atoms with Crippen LogP contribution in [0.25, 0.3) is 0 Å². The highest BCUT2D eigenvalue weighted by atomic mass is 35.5. The summed E-state index contributed by atoms with van der Waals surface area (Å²) in [5.41, 5.74) is 10.1. The molecule has 0 bridgehead atoms. The Kier molecular flexibility index (Phi) is 11.4. The SMILES string of the molecule is CCN=C1[C@@H](c2ncc(OC(=O)CC(C)(C)C)nc2C2CCN(c3c(COC(=O)CC(C)(C)C)ncc4c3C4)C2=NCC)CCN1c1c(C)ncc2c1C2.Cl. The van der Waals surface area contributed by atoms with E-state index in [1.807, 2.05) is 60.9 Å². The summed E-state index contributed by atoms with van der Waals surface area (Å²) >= 11 is 0. The zero-order valence-corrected chi connectivity index (χ0v) is 34.6. The summed E-state index contributed by atoms with van der Waals surface area (Å²) < 4.78 is 11.7. The van der Waals surface area contributed by atoms with Crippen molar-refractivity contribution in [1.82, 2.24) is 19.9 Å². The van der Waals surface area contributed by atoms with Crippen LogP contribution in [0.4, 0.5) is 11.4 Å². The number of aromatic nitrogens is 4. The number of pyridine rings is 2. The minimum Gasteiger partial charge on any atom is -0.459 e. The third-order valence-corrected chi connectivity index (χ3v) is 10.3. The van der Waals surface area contributed by atoms with Gasteiger partial charge in [0, 0.05) is 51.4 Å². The lowest BCUT2D eigenvalue weighted by molar-refractivity contribution is -0.147. The van der Waals surface area contributed by atoms with Crippen LogP contribution >= 0.6 is 12.4 Å². The molecule has 0 amide bonds. The molecular weight excluding hydrogens is 716 g/mol. The fourth-order valence-electron chi connectivity index (χ4n) is 7.89. The summed E-state index contributed by atoms with van der Waals surface area (Å²) in [7, 11) is 0. The van der Waals surface area contributed by atoms with Crippen LogP contribution in [0.1, 0.15) is 138 Å². The van der Waals surface area contributed by atoms with E-state index < -0.39 is 0 Å². The molecule has 294 valence electrons. The van der Waals surface area contributed by atoms with Gasteiger partial charge in [-0.05, 0) is 66.7 Å². The molecule has 12 nitrogen and oxygen atoms in total. The first-order chi connectivity index (χ1) is 25.7. The number of hydrogen-bond donors (Lipinski definition) is 0. The molecule has 7 rings (SSSR count). The molecule has 1 unspecified atom stereocenters. The lowest BCUT2D eigenvalue weighted by atomic mass is 9.92. The van der Waals surface area contributed by atoms with E-state index in [0.717, 1.165) is 72.4 Å². The fourth-order valence-corrected chi connectivity index (χ4v) is 7.89. The third-order valence-electron chi connectivity index (χ3n) is 10.3. The van der Waals surface area contributed by atoms with Crippen LogP contribution in [0.3, 0.4) is 0 Å². The van der Waals surface area contributed by atoms with Gasteiger partial charge in [-0.1, -0.05) is 41.5 Å².